The van der Waals surface area contributed by atoms with E-state index in [-0.39, 0.29) is 29.0 Å². The fourth-order valence-electron chi connectivity index (χ4n) is 5.30. The number of aliphatic hydroxyl groups excluding tert-OH is 1. The van der Waals surface area contributed by atoms with Crippen molar-refractivity contribution in [2.75, 3.05) is 26.8 Å². The molecule has 204 valence electrons. The molecule has 0 bridgehead atoms. The second-order valence-corrected chi connectivity index (χ2v) is 13.2. The van der Waals surface area contributed by atoms with E-state index in [0.717, 1.165) is 0 Å². The maximum atomic E-state index is 13.9. The summed E-state index contributed by atoms with van der Waals surface area (Å²) in [6.45, 7) is 0.615. The number of aliphatic imine (C=N–C) groups is 1. The minimum absolute atomic E-state index is 0.00639. The van der Waals surface area contributed by atoms with Gasteiger partial charge in [-0.3, -0.25) is 4.99 Å². The first-order valence-corrected chi connectivity index (χ1v) is 15.1. The van der Waals surface area contributed by atoms with Gasteiger partial charge in [-0.25, -0.2) is 26.9 Å². The average molecular weight is 583 g/mol. The minimum Gasteiger partial charge on any atom is -0.466 e. The molecule has 1 aromatic carbocycles. The number of ether oxygens (including phenoxy) is 1. The Kier molecular flexibility index (Phi) is 7.88. The van der Waals surface area contributed by atoms with E-state index in [2.05, 4.69) is 10.3 Å². The molecule has 0 radical (unpaired) electrons. The van der Waals surface area contributed by atoms with Gasteiger partial charge in [-0.05, 0) is 43.7 Å². The zero-order valence-electron chi connectivity index (χ0n) is 20.6. The van der Waals surface area contributed by atoms with Crippen LogP contribution in [0.1, 0.15) is 42.3 Å². The third-order valence-corrected chi connectivity index (χ3v) is 10.9. The highest BCUT2D eigenvalue weighted by molar-refractivity contribution is 7.89. The van der Waals surface area contributed by atoms with E-state index < -0.39 is 33.1 Å². The van der Waals surface area contributed by atoms with Crippen LogP contribution in [-0.2, 0) is 19.6 Å². The molecule has 0 amide bonds. The number of hydrogen-bond acceptors (Lipinski definition) is 9. The number of aromatic nitrogens is 1. The molecule has 2 fully saturated rings. The number of nitrogens with one attached hydrogen (secondary N) is 1. The Morgan fingerprint density at radius 3 is 2.66 bits per heavy atom. The molecule has 13 heteroatoms. The maximum Gasteiger partial charge on any atom is 0.338 e. The SMILES string of the molecule is COC(=O)C1=C(C2CCN(S(=O)(=O)C3CC(CO)C3)CC2)NC(c2nccs2)=N[C@H]1c1ccc(F)cc1Cl. The highest BCUT2D eigenvalue weighted by atomic mass is 35.5. The third kappa shape index (κ3) is 5.12. The van der Waals surface area contributed by atoms with Crippen LogP contribution in [0.4, 0.5) is 4.39 Å². The van der Waals surface area contributed by atoms with Gasteiger partial charge in [0.05, 0.1) is 17.9 Å². The predicted molar refractivity (Wildman–Crippen MR) is 142 cm³/mol. The van der Waals surface area contributed by atoms with Crippen LogP contribution in [0.25, 0.3) is 0 Å². The van der Waals surface area contributed by atoms with Crippen LogP contribution in [0.15, 0.2) is 46.0 Å². The number of halogens is 2. The molecule has 1 aliphatic carbocycles. The molecule has 2 N–H and O–H groups in total. The van der Waals surface area contributed by atoms with Crippen molar-refractivity contribution in [1.29, 1.82) is 0 Å². The van der Waals surface area contributed by atoms with E-state index in [1.807, 2.05) is 5.38 Å². The second kappa shape index (κ2) is 11.0. The van der Waals surface area contributed by atoms with Crippen LogP contribution < -0.4 is 5.32 Å². The van der Waals surface area contributed by atoms with Crippen molar-refractivity contribution in [1.82, 2.24) is 14.6 Å². The first-order chi connectivity index (χ1) is 18.2. The Hall–Kier alpha value is -2.38. The fourth-order valence-corrected chi connectivity index (χ4v) is 8.33. The van der Waals surface area contributed by atoms with E-state index in [1.165, 1.54) is 41.0 Å². The summed E-state index contributed by atoms with van der Waals surface area (Å²) in [7, 11) is -2.18. The van der Waals surface area contributed by atoms with Crippen LogP contribution in [0, 0.1) is 17.7 Å². The smallest absolute Gasteiger partial charge is 0.338 e. The lowest BCUT2D eigenvalue weighted by molar-refractivity contribution is -0.136. The molecule has 3 aliphatic rings. The topological polar surface area (TPSA) is 121 Å². The number of piperidine rings is 1. The van der Waals surface area contributed by atoms with Gasteiger partial charge in [0.2, 0.25) is 10.0 Å². The molecule has 1 saturated carbocycles. The maximum absolute atomic E-state index is 13.9. The quantitative estimate of drug-likeness (QED) is 0.481. The van der Waals surface area contributed by atoms with Gasteiger partial charge in [-0.2, -0.15) is 0 Å². The number of allylic oxidation sites excluding steroid dienone is 1. The molecular formula is C25H28ClFN4O5S2. The van der Waals surface area contributed by atoms with E-state index in [4.69, 9.17) is 21.3 Å². The Morgan fingerprint density at radius 2 is 2.05 bits per heavy atom. The van der Waals surface area contributed by atoms with Crippen molar-refractivity contribution in [3.8, 4) is 0 Å². The van der Waals surface area contributed by atoms with Gasteiger partial charge >= 0.3 is 5.97 Å². The Bertz CT molecular complexity index is 1370. The number of carbonyl (C=O) groups excluding carboxylic acids is 1. The van der Waals surface area contributed by atoms with Gasteiger partial charge in [0, 0.05) is 53.5 Å². The van der Waals surface area contributed by atoms with Crippen molar-refractivity contribution in [2.24, 2.45) is 16.8 Å². The second-order valence-electron chi connectivity index (χ2n) is 9.69. The molecular weight excluding hydrogens is 555 g/mol. The molecule has 2 aromatic rings. The number of nitrogens with zero attached hydrogens (tertiary/aromatic N) is 3. The predicted octanol–water partition coefficient (Wildman–Crippen LogP) is 3.27. The van der Waals surface area contributed by atoms with E-state index in [0.29, 0.717) is 60.9 Å². The minimum atomic E-state index is -3.46. The van der Waals surface area contributed by atoms with E-state index in [1.54, 1.807) is 6.20 Å². The van der Waals surface area contributed by atoms with Crippen LogP contribution in [0.5, 0.6) is 0 Å². The van der Waals surface area contributed by atoms with Gasteiger partial charge in [-0.1, -0.05) is 17.7 Å². The lowest BCUT2D eigenvalue weighted by Gasteiger charge is -2.40. The summed E-state index contributed by atoms with van der Waals surface area (Å²) in [6.07, 6.45) is 3.56. The van der Waals surface area contributed by atoms with E-state index >= 15 is 0 Å². The normalized spacial score (nSPS) is 24.9. The number of benzene rings is 1. The first-order valence-electron chi connectivity index (χ1n) is 12.3. The van der Waals surface area contributed by atoms with Crippen molar-refractivity contribution >= 4 is 44.8 Å². The summed E-state index contributed by atoms with van der Waals surface area (Å²) in [5, 5.41) is 14.7. The highest BCUT2D eigenvalue weighted by Gasteiger charge is 2.44. The molecule has 9 nitrogen and oxygen atoms in total. The summed E-state index contributed by atoms with van der Waals surface area (Å²) >= 11 is 7.79. The molecule has 3 heterocycles. The zero-order valence-corrected chi connectivity index (χ0v) is 23.0. The summed E-state index contributed by atoms with van der Waals surface area (Å²) in [5.74, 6) is -0.794. The molecule has 2 aliphatic heterocycles. The summed E-state index contributed by atoms with van der Waals surface area (Å²) in [6, 6.07) is 3.08. The number of carbonyl (C=O) groups is 1. The number of esters is 1. The van der Waals surface area contributed by atoms with Crippen molar-refractivity contribution in [3.63, 3.8) is 0 Å². The number of sulfonamides is 1. The Balaban J connectivity index is 1.47. The van der Waals surface area contributed by atoms with Gasteiger partial charge in [0.15, 0.2) is 10.8 Å². The largest absolute Gasteiger partial charge is 0.466 e. The number of hydrogen-bond donors (Lipinski definition) is 2. The summed E-state index contributed by atoms with van der Waals surface area (Å²) < 4.78 is 46.7. The molecule has 38 heavy (non-hydrogen) atoms. The standard InChI is InChI=1S/C25H28ClFN4O5S2/c1-36-25(33)20-21(15-4-7-31(8-5-15)38(34,35)17-10-14(11-17)13-32)29-23(24-28-6-9-37-24)30-22(20)18-3-2-16(27)12-19(18)26/h2-3,6,9,12,14-15,17,22,32H,4-5,7-8,10-11,13H2,1H3,(H,29,30)/t14?,17?,22-/m0/s1. The number of aliphatic hydroxyl groups is 1. The summed E-state index contributed by atoms with van der Waals surface area (Å²) in [5.41, 5.74) is 1.29. The van der Waals surface area contributed by atoms with Crippen LogP contribution >= 0.6 is 22.9 Å². The molecule has 1 atom stereocenters. The fraction of sp³-hybridized carbons (Fsp3) is 0.480. The van der Waals surface area contributed by atoms with Gasteiger partial charge in [-0.15, -0.1) is 11.3 Å². The lowest BCUT2D eigenvalue weighted by atomic mass is 9.86. The number of amidine groups is 1. The molecule has 1 saturated heterocycles. The monoisotopic (exact) mass is 582 g/mol. The van der Waals surface area contributed by atoms with Gasteiger partial charge in [0.1, 0.15) is 11.9 Å². The third-order valence-electron chi connectivity index (χ3n) is 7.47. The molecule has 5 rings (SSSR count). The zero-order chi connectivity index (χ0) is 27.0. The van der Waals surface area contributed by atoms with E-state index in [9.17, 15) is 22.7 Å². The number of rotatable bonds is 7. The summed E-state index contributed by atoms with van der Waals surface area (Å²) in [4.78, 5) is 22.3. The highest BCUT2D eigenvalue weighted by Crippen LogP contribution is 2.41. The van der Waals surface area contributed by atoms with Gasteiger partial charge in [0.25, 0.3) is 0 Å². The molecule has 0 unspecified atom stereocenters. The van der Waals surface area contributed by atoms with Crippen molar-refractivity contribution < 1.29 is 27.4 Å². The molecule has 0 spiro atoms. The van der Waals surface area contributed by atoms with Crippen LogP contribution in [0.2, 0.25) is 5.02 Å². The van der Waals surface area contributed by atoms with Crippen LogP contribution in [0.3, 0.4) is 0 Å². The first kappa shape index (κ1) is 27.2. The van der Waals surface area contributed by atoms with Gasteiger partial charge < -0.3 is 15.2 Å². The van der Waals surface area contributed by atoms with Crippen molar-refractivity contribution in [2.45, 2.75) is 37.0 Å². The lowest BCUT2D eigenvalue weighted by Crippen LogP contribution is -2.49. The number of methoxy groups -OCH3 is 1. The Labute approximate surface area is 229 Å². The van der Waals surface area contributed by atoms with Crippen molar-refractivity contribution in [3.05, 3.63) is 62.5 Å². The average Bonchev–Trinajstić information content (AvgIpc) is 3.42. The Morgan fingerprint density at radius 1 is 1.32 bits per heavy atom. The molecule has 1 aromatic heterocycles. The number of thiazole rings is 1. The van der Waals surface area contributed by atoms with Crippen LogP contribution in [-0.4, -0.2) is 66.7 Å².